The number of halogens is 21. The number of carbonyl (C=O) groups is 2. The molecule has 0 aliphatic carbocycles. The third-order valence-corrected chi connectivity index (χ3v) is 6.86. The van der Waals surface area contributed by atoms with E-state index in [0.717, 1.165) is 39.9 Å². The molecule has 0 fully saturated rings. The van der Waals surface area contributed by atoms with Gasteiger partial charge in [-0.2, -0.15) is 85.4 Å². The summed E-state index contributed by atoms with van der Waals surface area (Å²) in [5.74, 6) is -3.68. The Morgan fingerprint density at radius 1 is 0.586 bits per heavy atom. The Balaban J connectivity index is -0.000000697. The molecule has 0 bridgehead atoms. The van der Waals surface area contributed by atoms with Gasteiger partial charge in [-0.3, -0.25) is 9.59 Å². The number of aromatic nitrogens is 3. The molecule has 0 unspecified atom stereocenters. The summed E-state index contributed by atoms with van der Waals surface area (Å²) in [6, 6.07) is 10.2. The largest absolute Gasteiger partial charge is 1.00 e. The molecule has 0 aromatic carbocycles. The Kier molecular flexibility index (Phi) is 24.2. The van der Waals surface area contributed by atoms with Crippen LogP contribution >= 0.6 is 47.8 Å². The van der Waals surface area contributed by atoms with Gasteiger partial charge in [-0.05, 0) is 84.2 Å². The second-order valence-electron chi connectivity index (χ2n) is 9.78. The van der Waals surface area contributed by atoms with Crippen molar-refractivity contribution < 1.29 is 118 Å². The van der Waals surface area contributed by atoms with Crippen LogP contribution in [-0.2, 0) is 16.0 Å². The molecule has 0 aliphatic rings. The number of hydrogen-bond donors (Lipinski definition) is 2. The molecule has 0 aliphatic heterocycles. The van der Waals surface area contributed by atoms with E-state index in [1.807, 2.05) is 18.2 Å². The van der Waals surface area contributed by atoms with Crippen LogP contribution in [0.1, 0.15) is 41.6 Å². The minimum Gasteiger partial charge on any atom is -0.368 e. The Labute approximate surface area is 351 Å². The van der Waals surface area contributed by atoms with Crippen LogP contribution in [0.15, 0.2) is 68.4 Å². The number of rotatable bonds is 4. The van der Waals surface area contributed by atoms with Crippen LogP contribution in [0.4, 0.5) is 79.0 Å². The van der Waals surface area contributed by atoms with E-state index in [-0.39, 0.29) is 29.7 Å². The predicted octanol–water partition coefficient (Wildman–Crippen LogP) is 8.27. The van der Waals surface area contributed by atoms with Gasteiger partial charge >= 0.3 is 61.7 Å². The fourth-order valence-corrected chi connectivity index (χ4v) is 4.04. The summed E-state index contributed by atoms with van der Waals surface area (Å²) in [5.41, 5.74) is -14.0. The first-order chi connectivity index (χ1) is 25.4. The normalized spacial score (nSPS) is 12.4. The molecule has 2 N–H and O–H groups in total. The number of carbonyl (C=O) groups excluding carboxylic acids is 2. The van der Waals surface area contributed by atoms with Crippen molar-refractivity contribution in [2.45, 2.75) is 68.0 Å². The number of hydrogen-bond acceptors (Lipinski definition) is 7. The molecule has 29 heteroatoms. The van der Waals surface area contributed by atoms with Crippen LogP contribution in [0.2, 0.25) is 0 Å². The SMILES string of the molecule is Brc1cccc(Br)n1.O=C(C(F)(F)F)C(F)(F)F.O=Cc1cccc(C(O)(C(F)(F)F)C(F)(F)F)n1.OC(c1cccc(Br)n1)(C(F)(F)F)C(F)(F)F.[CH2-]CCC.[Li+]. The van der Waals surface area contributed by atoms with Gasteiger partial charge in [0, 0.05) is 0 Å². The quantitative estimate of drug-likeness (QED) is 0.0890. The van der Waals surface area contributed by atoms with Crippen molar-refractivity contribution in [3.8, 4) is 0 Å². The van der Waals surface area contributed by atoms with Gasteiger partial charge < -0.3 is 17.1 Å². The molecule has 3 rings (SSSR count). The topological polar surface area (TPSA) is 113 Å². The molecule has 3 aromatic rings. The first kappa shape index (κ1) is 59.8. The van der Waals surface area contributed by atoms with E-state index < -0.39 is 71.1 Å². The fraction of sp³-hybridized carbons (Fsp3) is 0.379. The smallest absolute Gasteiger partial charge is 0.368 e. The van der Waals surface area contributed by atoms with Crippen LogP contribution in [0.3, 0.4) is 0 Å². The summed E-state index contributed by atoms with van der Waals surface area (Å²) in [5, 5.41) is 17.9. The number of Topliss-reactive ketones (excluding diaryl/α,β-unsaturated/α-hetero) is 1. The summed E-state index contributed by atoms with van der Waals surface area (Å²) < 4.78 is 216. The molecule has 0 atom stereocenters. The van der Waals surface area contributed by atoms with Crippen LogP contribution in [0.5, 0.6) is 0 Å². The van der Waals surface area contributed by atoms with Crippen molar-refractivity contribution in [3.05, 3.63) is 92.4 Å². The zero-order valence-electron chi connectivity index (χ0n) is 28.4. The second-order valence-corrected chi connectivity index (χ2v) is 12.2. The van der Waals surface area contributed by atoms with Crippen LogP contribution in [0, 0.1) is 6.92 Å². The molecule has 0 spiro atoms. The van der Waals surface area contributed by atoms with Crippen LogP contribution in [0.25, 0.3) is 0 Å². The minimum atomic E-state index is -6.01. The van der Waals surface area contributed by atoms with Gasteiger partial charge in [-0.15, -0.1) is 0 Å². The average Bonchev–Trinajstić information content (AvgIpc) is 3.05. The number of alkyl halides is 18. The van der Waals surface area contributed by atoms with Crippen molar-refractivity contribution in [1.29, 1.82) is 0 Å². The van der Waals surface area contributed by atoms with Gasteiger partial charge in [-0.1, -0.05) is 31.5 Å². The first-order valence-electron chi connectivity index (χ1n) is 13.9. The number of aldehydes is 1. The van der Waals surface area contributed by atoms with E-state index in [9.17, 15) is 88.6 Å². The molecule has 7 nitrogen and oxygen atoms in total. The monoisotopic (exact) mass is 1060 g/mol. The van der Waals surface area contributed by atoms with Crippen LogP contribution < -0.4 is 18.9 Å². The van der Waals surface area contributed by atoms with Crippen LogP contribution in [-0.4, -0.2) is 74.3 Å². The van der Waals surface area contributed by atoms with Gasteiger partial charge in [0.05, 0.1) is 11.4 Å². The van der Waals surface area contributed by atoms with Gasteiger partial charge in [0.1, 0.15) is 19.5 Å². The molecular weight excluding hydrogens is 1040 g/mol. The summed E-state index contributed by atoms with van der Waals surface area (Å²) in [6.07, 6.45) is -33.3. The Morgan fingerprint density at radius 2 is 0.862 bits per heavy atom. The fourth-order valence-electron chi connectivity index (χ4n) is 2.77. The molecular formula is C29H21Br3F18LiN3O4. The molecule has 3 heterocycles. The molecule has 0 saturated heterocycles. The number of pyridine rings is 3. The molecule has 324 valence electrons. The maximum Gasteiger partial charge on any atom is 1.00 e. The Hall–Kier alpha value is -2.51. The predicted molar refractivity (Wildman–Crippen MR) is 171 cm³/mol. The van der Waals surface area contributed by atoms with Crippen molar-refractivity contribution in [2.24, 2.45) is 0 Å². The van der Waals surface area contributed by atoms with Gasteiger partial charge in [-0.25, -0.2) is 15.0 Å². The summed E-state index contributed by atoms with van der Waals surface area (Å²) >= 11 is 9.07. The van der Waals surface area contributed by atoms with E-state index in [4.69, 9.17) is 10.2 Å². The number of ketones is 1. The third-order valence-electron chi connectivity index (χ3n) is 5.54. The zero-order valence-corrected chi connectivity index (χ0v) is 33.1. The number of nitrogens with zero attached hydrogens (tertiary/aromatic N) is 3. The van der Waals surface area contributed by atoms with E-state index in [1.165, 1.54) is 6.42 Å². The summed E-state index contributed by atoms with van der Waals surface area (Å²) in [7, 11) is 0. The van der Waals surface area contributed by atoms with E-state index in [2.05, 4.69) is 76.6 Å². The molecule has 3 aromatic heterocycles. The maximum atomic E-state index is 12.4. The first-order valence-corrected chi connectivity index (χ1v) is 16.3. The van der Waals surface area contributed by atoms with Crippen molar-refractivity contribution >= 4 is 59.9 Å². The Morgan fingerprint density at radius 3 is 1.07 bits per heavy atom. The van der Waals surface area contributed by atoms with Gasteiger partial charge in [0.25, 0.3) is 11.2 Å². The minimum absolute atomic E-state index is 0. The van der Waals surface area contributed by atoms with E-state index in [0.29, 0.717) is 12.1 Å². The molecule has 0 radical (unpaired) electrons. The second kappa shape index (κ2) is 23.5. The standard InChI is InChI=1S/C9H5F6NO2.C8H4BrF6NO.C5H3Br2N.C4H9.C3F6O.Li/c10-8(11,12)7(18,9(13,14)15)6-3-1-2-5(4-17)16-6;9-5-3-1-2-4(16-5)6(17,7(10,11)12)8(13,14)15;6-4-2-1-3-5(7)8-4;1-3-4-2;4-2(5,6)1(10)3(7,8)9;/h1-4,18H;1-3,17H;1-3H;1,3-4H2,2H3;;/q;;;-1;;+1. The number of aliphatic hydroxyl groups is 2. The van der Waals surface area contributed by atoms with Crippen molar-refractivity contribution in [3.63, 3.8) is 0 Å². The number of unbranched alkanes of at least 4 members (excludes halogenated alkanes) is 1. The summed E-state index contributed by atoms with van der Waals surface area (Å²) in [4.78, 5) is 29.4. The Bertz CT molecular complexity index is 1660. The molecule has 58 heavy (non-hydrogen) atoms. The average molecular weight is 1060 g/mol. The maximum absolute atomic E-state index is 12.4. The molecule has 0 saturated carbocycles. The summed E-state index contributed by atoms with van der Waals surface area (Å²) in [6.45, 7) is 5.72. The molecule has 0 amide bonds. The zero-order chi connectivity index (χ0) is 45.6. The third kappa shape index (κ3) is 18.0. The van der Waals surface area contributed by atoms with E-state index >= 15 is 0 Å². The van der Waals surface area contributed by atoms with Gasteiger partial charge in [0.15, 0.2) is 6.29 Å². The van der Waals surface area contributed by atoms with Crippen molar-refractivity contribution in [2.75, 3.05) is 0 Å². The van der Waals surface area contributed by atoms with Gasteiger partial charge in [0.2, 0.25) is 0 Å². The van der Waals surface area contributed by atoms with Crippen molar-refractivity contribution in [1.82, 2.24) is 15.0 Å². The van der Waals surface area contributed by atoms with E-state index in [1.54, 1.807) is 0 Å².